The zero-order chi connectivity index (χ0) is 14.7. The maximum Gasteiger partial charge on any atom is 0.0474 e. The van der Waals surface area contributed by atoms with E-state index < -0.39 is 0 Å². The average molecular weight is 295 g/mol. The summed E-state index contributed by atoms with van der Waals surface area (Å²) in [6.45, 7) is 12.2. The first-order valence-corrected chi connectivity index (χ1v) is 8.18. The number of anilines is 1. The molecule has 1 N–H and O–H groups in total. The molecular formula is C17H27ClN2. The van der Waals surface area contributed by atoms with Gasteiger partial charge in [-0.1, -0.05) is 38.4 Å². The highest BCUT2D eigenvalue weighted by Gasteiger charge is 2.23. The maximum absolute atomic E-state index is 6.48. The van der Waals surface area contributed by atoms with Crippen LogP contribution in [0.1, 0.15) is 45.7 Å². The Kier molecular flexibility index (Phi) is 5.34. The fourth-order valence-electron chi connectivity index (χ4n) is 2.98. The van der Waals surface area contributed by atoms with E-state index in [0.29, 0.717) is 6.04 Å². The summed E-state index contributed by atoms with van der Waals surface area (Å²) in [6.07, 6.45) is 1.27. The van der Waals surface area contributed by atoms with Gasteiger partial charge in [-0.15, -0.1) is 0 Å². The van der Waals surface area contributed by atoms with Gasteiger partial charge in [-0.05, 0) is 49.4 Å². The van der Waals surface area contributed by atoms with E-state index in [1.54, 1.807) is 0 Å². The molecule has 2 nitrogen and oxygen atoms in total. The number of nitrogens with one attached hydrogen (secondary N) is 1. The molecule has 2 rings (SSSR count). The summed E-state index contributed by atoms with van der Waals surface area (Å²) in [5, 5.41) is 4.29. The monoisotopic (exact) mass is 294 g/mol. The van der Waals surface area contributed by atoms with Gasteiger partial charge in [0.15, 0.2) is 0 Å². The Morgan fingerprint density at radius 3 is 2.70 bits per heavy atom. The van der Waals surface area contributed by atoms with Gasteiger partial charge < -0.3 is 10.2 Å². The second-order valence-corrected chi connectivity index (χ2v) is 6.58. The molecule has 1 saturated heterocycles. The molecule has 3 unspecified atom stereocenters. The zero-order valence-corrected chi connectivity index (χ0v) is 13.9. The van der Waals surface area contributed by atoms with Crippen molar-refractivity contribution < 1.29 is 0 Å². The maximum atomic E-state index is 6.48. The van der Waals surface area contributed by atoms with E-state index in [4.69, 9.17) is 11.6 Å². The molecule has 3 atom stereocenters. The molecule has 3 heteroatoms. The van der Waals surface area contributed by atoms with Crippen molar-refractivity contribution in [2.24, 2.45) is 11.8 Å². The molecule has 1 aromatic rings. The number of halogens is 1. The van der Waals surface area contributed by atoms with Gasteiger partial charge in [-0.3, -0.25) is 0 Å². The molecule has 20 heavy (non-hydrogen) atoms. The Balaban J connectivity index is 2.13. The van der Waals surface area contributed by atoms with Gasteiger partial charge in [0.1, 0.15) is 0 Å². The second kappa shape index (κ2) is 6.82. The Morgan fingerprint density at radius 1 is 1.35 bits per heavy atom. The van der Waals surface area contributed by atoms with Crippen LogP contribution >= 0.6 is 11.6 Å². The predicted molar refractivity (Wildman–Crippen MR) is 88.7 cm³/mol. The SMILES string of the molecule is CCNC(C)c1ccc(N2CCC(C)C(C)C2)cc1Cl. The van der Waals surface area contributed by atoms with Gasteiger partial charge in [0.2, 0.25) is 0 Å². The molecule has 0 amide bonds. The highest BCUT2D eigenvalue weighted by atomic mass is 35.5. The number of rotatable bonds is 4. The predicted octanol–water partition coefficient (Wildman–Crippen LogP) is 4.49. The molecule has 1 fully saturated rings. The van der Waals surface area contributed by atoms with Crippen LogP contribution in [0.15, 0.2) is 18.2 Å². The molecule has 1 aromatic carbocycles. The van der Waals surface area contributed by atoms with E-state index >= 15 is 0 Å². The van der Waals surface area contributed by atoms with Crippen LogP contribution in [0.2, 0.25) is 5.02 Å². The third kappa shape index (κ3) is 3.48. The summed E-state index contributed by atoms with van der Waals surface area (Å²) in [6, 6.07) is 6.83. The van der Waals surface area contributed by atoms with E-state index in [9.17, 15) is 0 Å². The molecule has 0 radical (unpaired) electrons. The van der Waals surface area contributed by atoms with Gasteiger partial charge >= 0.3 is 0 Å². The van der Waals surface area contributed by atoms with Crippen LogP contribution in [0.3, 0.4) is 0 Å². The third-order valence-electron chi connectivity index (χ3n) is 4.66. The summed E-state index contributed by atoms with van der Waals surface area (Å²) in [4.78, 5) is 2.47. The average Bonchev–Trinajstić information content (AvgIpc) is 2.42. The molecule has 112 valence electrons. The molecular weight excluding hydrogens is 268 g/mol. The Morgan fingerprint density at radius 2 is 2.10 bits per heavy atom. The topological polar surface area (TPSA) is 15.3 Å². The number of nitrogens with zero attached hydrogens (tertiary/aromatic N) is 1. The van der Waals surface area contributed by atoms with Crippen LogP contribution in [-0.4, -0.2) is 19.6 Å². The Labute approximate surface area is 128 Å². The quantitative estimate of drug-likeness (QED) is 0.880. The van der Waals surface area contributed by atoms with Crippen LogP contribution < -0.4 is 10.2 Å². The van der Waals surface area contributed by atoms with Crippen molar-refractivity contribution in [1.29, 1.82) is 0 Å². The van der Waals surface area contributed by atoms with Crippen molar-refractivity contribution in [2.75, 3.05) is 24.5 Å². The van der Waals surface area contributed by atoms with Gasteiger partial charge in [0, 0.05) is 29.8 Å². The summed E-state index contributed by atoms with van der Waals surface area (Å²) in [5.41, 5.74) is 2.46. The van der Waals surface area contributed by atoms with Crippen LogP contribution in [-0.2, 0) is 0 Å². The second-order valence-electron chi connectivity index (χ2n) is 6.17. The first-order chi connectivity index (χ1) is 9.52. The minimum atomic E-state index is 0.307. The summed E-state index contributed by atoms with van der Waals surface area (Å²) >= 11 is 6.48. The minimum absolute atomic E-state index is 0.307. The van der Waals surface area contributed by atoms with Crippen molar-refractivity contribution in [3.05, 3.63) is 28.8 Å². The third-order valence-corrected chi connectivity index (χ3v) is 4.99. The molecule has 0 bridgehead atoms. The number of benzene rings is 1. The minimum Gasteiger partial charge on any atom is -0.371 e. The van der Waals surface area contributed by atoms with Gasteiger partial charge in [-0.25, -0.2) is 0 Å². The molecule has 1 aliphatic heterocycles. The lowest BCUT2D eigenvalue weighted by Gasteiger charge is -2.37. The molecule has 0 aromatic heterocycles. The van der Waals surface area contributed by atoms with Crippen molar-refractivity contribution in [2.45, 2.75) is 40.2 Å². The fraction of sp³-hybridized carbons (Fsp3) is 0.647. The highest BCUT2D eigenvalue weighted by molar-refractivity contribution is 6.31. The normalized spacial score (nSPS) is 24.8. The number of piperidine rings is 1. The highest BCUT2D eigenvalue weighted by Crippen LogP contribution is 2.31. The number of hydrogen-bond acceptors (Lipinski definition) is 2. The standard InChI is InChI=1S/C17H27ClN2/c1-5-19-14(4)16-7-6-15(10-17(16)18)20-9-8-12(2)13(3)11-20/h6-7,10,12-14,19H,5,8-9,11H2,1-4H3. The van der Waals surface area contributed by atoms with E-state index in [1.807, 2.05) is 0 Å². The lowest BCUT2D eigenvalue weighted by atomic mass is 9.88. The lowest BCUT2D eigenvalue weighted by molar-refractivity contribution is 0.324. The summed E-state index contributed by atoms with van der Waals surface area (Å²) in [7, 11) is 0. The van der Waals surface area contributed by atoms with Crippen LogP contribution in [0, 0.1) is 11.8 Å². The lowest BCUT2D eigenvalue weighted by Crippen LogP contribution is -2.38. The Bertz CT molecular complexity index is 447. The van der Waals surface area contributed by atoms with Crippen LogP contribution in [0.5, 0.6) is 0 Å². The summed E-state index contributed by atoms with van der Waals surface area (Å²) in [5.74, 6) is 1.58. The first kappa shape index (κ1) is 15.7. The van der Waals surface area contributed by atoms with E-state index in [-0.39, 0.29) is 0 Å². The van der Waals surface area contributed by atoms with Crippen LogP contribution in [0.4, 0.5) is 5.69 Å². The smallest absolute Gasteiger partial charge is 0.0474 e. The van der Waals surface area contributed by atoms with Crippen molar-refractivity contribution in [1.82, 2.24) is 5.32 Å². The van der Waals surface area contributed by atoms with Gasteiger partial charge in [0.05, 0.1) is 0 Å². The van der Waals surface area contributed by atoms with Gasteiger partial charge in [0.25, 0.3) is 0 Å². The van der Waals surface area contributed by atoms with E-state index in [1.165, 1.54) is 17.7 Å². The fourth-order valence-corrected chi connectivity index (χ4v) is 3.32. The van der Waals surface area contributed by atoms with Gasteiger partial charge in [-0.2, -0.15) is 0 Å². The molecule has 1 aliphatic rings. The molecule has 0 saturated carbocycles. The largest absolute Gasteiger partial charge is 0.371 e. The van der Waals surface area contributed by atoms with Crippen molar-refractivity contribution >= 4 is 17.3 Å². The zero-order valence-electron chi connectivity index (χ0n) is 13.1. The van der Waals surface area contributed by atoms with E-state index in [2.05, 4.69) is 56.1 Å². The van der Waals surface area contributed by atoms with Crippen molar-refractivity contribution in [3.63, 3.8) is 0 Å². The molecule has 0 spiro atoms. The van der Waals surface area contributed by atoms with Crippen molar-refractivity contribution in [3.8, 4) is 0 Å². The van der Waals surface area contributed by atoms with Crippen LogP contribution in [0.25, 0.3) is 0 Å². The molecule has 0 aliphatic carbocycles. The first-order valence-electron chi connectivity index (χ1n) is 7.80. The molecule has 1 heterocycles. The Hall–Kier alpha value is -0.730. The summed E-state index contributed by atoms with van der Waals surface area (Å²) < 4.78 is 0. The number of hydrogen-bond donors (Lipinski definition) is 1. The van der Waals surface area contributed by atoms with E-state index in [0.717, 1.165) is 36.5 Å².